The highest BCUT2D eigenvalue weighted by Gasteiger charge is 2.19. The second-order valence-electron chi connectivity index (χ2n) is 5.14. The van der Waals surface area contributed by atoms with E-state index in [1.807, 2.05) is 30.3 Å². The Morgan fingerprint density at radius 3 is 2.55 bits per heavy atom. The summed E-state index contributed by atoms with van der Waals surface area (Å²) in [4.78, 5) is 12.2. The molecule has 2 unspecified atom stereocenters. The molecule has 0 aliphatic rings. The first-order chi connectivity index (χ1) is 10.5. The van der Waals surface area contributed by atoms with Crippen LogP contribution in [0.4, 0.5) is 0 Å². The number of halogens is 2. The number of nitrogens with one attached hydrogen (secondary N) is 1. The molecule has 0 fully saturated rings. The Labute approximate surface area is 139 Å². The maximum atomic E-state index is 12.2. The lowest BCUT2D eigenvalue weighted by atomic mass is 10.0. The molecule has 0 heterocycles. The quantitative estimate of drug-likeness (QED) is 0.873. The average molecular weight is 338 g/mol. The normalized spacial score (nSPS) is 13.5. The van der Waals surface area contributed by atoms with Gasteiger partial charge in [-0.15, -0.1) is 0 Å². The predicted octanol–water partition coefficient (Wildman–Crippen LogP) is 3.72. The van der Waals surface area contributed by atoms with Crippen molar-refractivity contribution >= 4 is 29.1 Å². The highest BCUT2D eigenvalue weighted by Crippen LogP contribution is 2.20. The third-order valence-electron chi connectivity index (χ3n) is 3.40. The largest absolute Gasteiger partial charge is 0.391 e. The number of hydrogen-bond donors (Lipinski definition) is 2. The smallest absolute Gasteiger partial charge is 0.253 e. The lowest BCUT2D eigenvalue weighted by Crippen LogP contribution is -2.42. The molecule has 22 heavy (non-hydrogen) atoms. The minimum absolute atomic E-state index is 0.299. The molecule has 3 nitrogen and oxygen atoms in total. The third kappa shape index (κ3) is 4.47. The summed E-state index contributed by atoms with van der Waals surface area (Å²) in [6.07, 6.45) is -0.227. The molecule has 0 spiro atoms. The van der Waals surface area contributed by atoms with Crippen molar-refractivity contribution in [2.45, 2.75) is 25.5 Å². The van der Waals surface area contributed by atoms with Gasteiger partial charge in [0.15, 0.2) is 0 Å². The van der Waals surface area contributed by atoms with Gasteiger partial charge in [-0.25, -0.2) is 0 Å². The summed E-state index contributed by atoms with van der Waals surface area (Å²) < 4.78 is 0. The van der Waals surface area contributed by atoms with Crippen LogP contribution >= 0.6 is 23.2 Å². The van der Waals surface area contributed by atoms with Gasteiger partial charge in [0.05, 0.1) is 22.7 Å². The Morgan fingerprint density at radius 1 is 1.18 bits per heavy atom. The first-order valence-electron chi connectivity index (χ1n) is 6.95. The highest BCUT2D eigenvalue weighted by atomic mass is 35.5. The van der Waals surface area contributed by atoms with E-state index in [-0.39, 0.29) is 5.91 Å². The first kappa shape index (κ1) is 16.8. The predicted molar refractivity (Wildman–Crippen MR) is 89.5 cm³/mol. The number of benzene rings is 2. The van der Waals surface area contributed by atoms with Crippen molar-refractivity contribution in [1.29, 1.82) is 0 Å². The number of aliphatic hydroxyl groups excluding tert-OH is 1. The summed E-state index contributed by atoms with van der Waals surface area (Å²) in [5, 5.41) is 13.7. The number of aliphatic hydroxyl groups is 1. The van der Waals surface area contributed by atoms with Crippen molar-refractivity contribution in [3.05, 3.63) is 69.7 Å². The van der Waals surface area contributed by atoms with Crippen molar-refractivity contribution in [2.24, 2.45) is 0 Å². The molecular weight excluding hydrogens is 321 g/mol. The molecule has 116 valence electrons. The Kier molecular flexibility index (Phi) is 5.83. The summed E-state index contributed by atoms with van der Waals surface area (Å²) in [7, 11) is 0. The van der Waals surface area contributed by atoms with E-state index in [4.69, 9.17) is 23.2 Å². The van der Waals surface area contributed by atoms with E-state index in [9.17, 15) is 9.90 Å². The van der Waals surface area contributed by atoms with Gasteiger partial charge in [-0.3, -0.25) is 4.79 Å². The Balaban J connectivity index is 2.00. The van der Waals surface area contributed by atoms with E-state index in [0.29, 0.717) is 22.0 Å². The van der Waals surface area contributed by atoms with Crippen molar-refractivity contribution in [3.8, 4) is 0 Å². The molecule has 5 heteroatoms. The average Bonchev–Trinajstić information content (AvgIpc) is 2.50. The van der Waals surface area contributed by atoms with E-state index in [2.05, 4.69) is 5.32 Å². The molecule has 2 aromatic rings. The van der Waals surface area contributed by atoms with Gasteiger partial charge in [-0.2, -0.15) is 0 Å². The fourth-order valence-corrected chi connectivity index (χ4v) is 2.46. The Bertz CT molecular complexity index is 646. The van der Waals surface area contributed by atoms with E-state index in [0.717, 1.165) is 5.56 Å². The standard InChI is InChI=1S/C17H17Cl2NO2/c1-11(16(21)9-12-5-3-2-4-6-12)20-17(22)14-10-13(18)7-8-15(14)19/h2-8,10-11,16,21H,9H2,1H3,(H,20,22). The molecular formula is C17H17Cl2NO2. The summed E-state index contributed by atoms with van der Waals surface area (Å²) in [5.74, 6) is -0.355. The van der Waals surface area contributed by atoms with Crippen molar-refractivity contribution in [1.82, 2.24) is 5.32 Å². The van der Waals surface area contributed by atoms with Crippen LogP contribution in [0.1, 0.15) is 22.8 Å². The summed E-state index contributed by atoms with van der Waals surface area (Å²) >= 11 is 11.9. The van der Waals surface area contributed by atoms with Crippen LogP contribution in [0.5, 0.6) is 0 Å². The number of carbonyl (C=O) groups is 1. The second-order valence-corrected chi connectivity index (χ2v) is 5.99. The summed E-state index contributed by atoms with van der Waals surface area (Å²) in [5.41, 5.74) is 1.31. The van der Waals surface area contributed by atoms with Crippen molar-refractivity contribution < 1.29 is 9.90 Å². The Morgan fingerprint density at radius 2 is 1.86 bits per heavy atom. The van der Waals surface area contributed by atoms with Crippen LogP contribution in [0, 0.1) is 0 Å². The van der Waals surface area contributed by atoms with Crippen LogP contribution < -0.4 is 5.32 Å². The Hall–Kier alpha value is -1.55. The second kappa shape index (κ2) is 7.63. The van der Waals surface area contributed by atoms with Gasteiger partial charge in [0.1, 0.15) is 0 Å². The zero-order chi connectivity index (χ0) is 16.1. The van der Waals surface area contributed by atoms with Crippen LogP contribution in [-0.2, 0) is 6.42 Å². The van der Waals surface area contributed by atoms with Crippen molar-refractivity contribution in [3.63, 3.8) is 0 Å². The maximum absolute atomic E-state index is 12.2. The van der Waals surface area contributed by atoms with Gasteiger partial charge in [-0.05, 0) is 30.7 Å². The van der Waals surface area contributed by atoms with Gasteiger partial charge >= 0.3 is 0 Å². The summed E-state index contributed by atoms with van der Waals surface area (Å²) in [6, 6.07) is 13.9. The molecule has 1 amide bonds. The highest BCUT2D eigenvalue weighted by molar-refractivity contribution is 6.35. The van der Waals surface area contributed by atoms with Gasteiger partial charge in [0.25, 0.3) is 5.91 Å². The zero-order valence-electron chi connectivity index (χ0n) is 12.1. The van der Waals surface area contributed by atoms with Crippen LogP contribution in [0.3, 0.4) is 0 Å². The zero-order valence-corrected chi connectivity index (χ0v) is 13.6. The van der Waals surface area contributed by atoms with Gasteiger partial charge in [0.2, 0.25) is 0 Å². The SMILES string of the molecule is CC(NC(=O)c1cc(Cl)ccc1Cl)C(O)Cc1ccccc1. The van der Waals surface area contributed by atoms with E-state index in [1.54, 1.807) is 19.1 Å². The molecule has 0 saturated heterocycles. The topological polar surface area (TPSA) is 49.3 Å². The molecule has 0 saturated carbocycles. The van der Waals surface area contributed by atoms with E-state index in [1.165, 1.54) is 6.07 Å². The van der Waals surface area contributed by atoms with Crippen LogP contribution in [-0.4, -0.2) is 23.2 Å². The lowest BCUT2D eigenvalue weighted by Gasteiger charge is -2.20. The number of amides is 1. The van der Waals surface area contributed by atoms with E-state index < -0.39 is 12.1 Å². The van der Waals surface area contributed by atoms with E-state index >= 15 is 0 Å². The van der Waals surface area contributed by atoms with Gasteiger partial charge in [-0.1, -0.05) is 53.5 Å². The molecule has 2 N–H and O–H groups in total. The fourth-order valence-electron chi connectivity index (χ4n) is 2.08. The molecule has 2 aromatic carbocycles. The van der Waals surface area contributed by atoms with Gasteiger partial charge in [0, 0.05) is 11.4 Å². The molecule has 2 rings (SSSR count). The van der Waals surface area contributed by atoms with Crippen molar-refractivity contribution in [2.75, 3.05) is 0 Å². The molecule has 0 aliphatic carbocycles. The number of rotatable bonds is 5. The molecule has 0 radical (unpaired) electrons. The first-order valence-corrected chi connectivity index (χ1v) is 7.71. The number of carbonyl (C=O) groups excluding carboxylic acids is 1. The maximum Gasteiger partial charge on any atom is 0.253 e. The van der Waals surface area contributed by atoms with Gasteiger partial charge < -0.3 is 10.4 Å². The minimum Gasteiger partial charge on any atom is -0.391 e. The summed E-state index contributed by atoms with van der Waals surface area (Å²) in [6.45, 7) is 1.75. The molecule has 0 aromatic heterocycles. The monoisotopic (exact) mass is 337 g/mol. The lowest BCUT2D eigenvalue weighted by molar-refractivity contribution is 0.0852. The molecule has 0 aliphatic heterocycles. The molecule has 2 atom stereocenters. The fraction of sp³-hybridized carbons (Fsp3) is 0.235. The van der Waals surface area contributed by atoms with Crippen LogP contribution in [0.2, 0.25) is 10.0 Å². The number of hydrogen-bond acceptors (Lipinski definition) is 2. The third-order valence-corrected chi connectivity index (χ3v) is 3.96. The van der Waals surface area contributed by atoms with Crippen LogP contribution in [0.25, 0.3) is 0 Å². The minimum atomic E-state index is -0.690. The molecule has 0 bridgehead atoms. The van der Waals surface area contributed by atoms with Crippen LogP contribution in [0.15, 0.2) is 48.5 Å².